The predicted molar refractivity (Wildman–Crippen MR) is 58.1 cm³/mol. The van der Waals surface area contributed by atoms with Crippen molar-refractivity contribution in [1.29, 1.82) is 0 Å². The van der Waals surface area contributed by atoms with Gasteiger partial charge in [-0.25, -0.2) is 4.39 Å². The van der Waals surface area contributed by atoms with Crippen LogP contribution >= 0.6 is 11.6 Å². The lowest BCUT2D eigenvalue weighted by atomic mass is 9.96. The van der Waals surface area contributed by atoms with E-state index in [9.17, 15) is 22.4 Å². The number of rotatable bonds is 0. The van der Waals surface area contributed by atoms with Gasteiger partial charge in [0.15, 0.2) is 0 Å². The predicted octanol–water partition coefficient (Wildman–Crippen LogP) is 3.16. The Morgan fingerprint density at radius 2 is 1.89 bits per heavy atom. The molecule has 1 unspecified atom stereocenters. The van der Waals surface area contributed by atoms with Crippen LogP contribution in [0, 0.1) is 5.82 Å². The molecule has 1 aliphatic heterocycles. The molecule has 98 valence electrons. The zero-order valence-electron chi connectivity index (χ0n) is 8.95. The molecule has 1 aliphatic rings. The topological polar surface area (TPSA) is 41.1 Å². The van der Waals surface area contributed by atoms with Gasteiger partial charge in [-0.05, 0) is 13.0 Å². The quantitative estimate of drug-likeness (QED) is 0.718. The molecule has 8 heteroatoms. The first-order valence-electron chi connectivity index (χ1n) is 4.80. The van der Waals surface area contributed by atoms with Gasteiger partial charge >= 0.3 is 6.18 Å². The molecule has 1 aromatic rings. The third-order valence-electron chi connectivity index (χ3n) is 2.71. The molecular weight excluding hydrogens is 276 g/mol. The van der Waals surface area contributed by atoms with E-state index in [4.69, 9.17) is 11.6 Å². The number of halogens is 5. The van der Waals surface area contributed by atoms with Crippen molar-refractivity contribution in [3.63, 3.8) is 0 Å². The summed E-state index contributed by atoms with van der Waals surface area (Å²) in [5.74, 6) is -2.13. The monoisotopic (exact) mass is 282 g/mol. The number of anilines is 2. The van der Waals surface area contributed by atoms with E-state index < -0.39 is 23.4 Å². The highest BCUT2D eigenvalue weighted by molar-refractivity contribution is 6.31. The summed E-state index contributed by atoms with van der Waals surface area (Å²) in [6.07, 6.45) is -4.80. The maximum atomic E-state index is 13.1. The molecule has 0 aromatic heterocycles. The molecule has 0 saturated carbocycles. The van der Waals surface area contributed by atoms with E-state index in [0.717, 1.165) is 12.1 Å². The zero-order chi connectivity index (χ0) is 13.7. The number of hydrogen-bond donors (Lipinski definition) is 2. The summed E-state index contributed by atoms with van der Waals surface area (Å²) in [6.45, 7) is 0.697. The Morgan fingerprint density at radius 3 is 2.44 bits per heavy atom. The van der Waals surface area contributed by atoms with Crippen LogP contribution in [0.5, 0.6) is 0 Å². The van der Waals surface area contributed by atoms with E-state index in [1.54, 1.807) is 0 Å². The lowest BCUT2D eigenvalue weighted by Gasteiger charge is -2.37. The molecule has 1 aromatic carbocycles. The largest absolute Gasteiger partial charge is 0.420 e. The van der Waals surface area contributed by atoms with Crippen molar-refractivity contribution in [2.75, 3.05) is 10.6 Å². The van der Waals surface area contributed by atoms with Gasteiger partial charge in [0.1, 0.15) is 5.82 Å². The molecular formula is C10H7ClF4N2O. The fraction of sp³-hybridized carbons (Fsp3) is 0.300. The van der Waals surface area contributed by atoms with Crippen LogP contribution in [0.3, 0.4) is 0 Å². The van der Waals surface area contributed by atoms with Crippen molar-refractivity contribution in [3.05, 3.63) is 23.0 Å². The summed E-state index contributed by atoms with van der Waals surface area (Å²) in [5.41, 5.74) is -2.94. The maximum absolute atomic E-state index is 13.1. The highest BCUT2D eigenvalue weighted by Crippen LogP contribution is 2.41. The molecule has 1 heterocycles. The Morgan fingerprint density at radius 1 is 1.28 bits per heavy atom. The van der Waals surface area contributed by atoms with E-state index in [1.165, 1.54) is 0 Å². The second kappa shape index (κ2) is 3.74. The van der Waals surface area contributed by atoms with Gasteiger partial charge < -0.3 is 10.6 Å². The Labute approximate surface area is 104 Å². The van der Waals surface area contributed by atoms with Crippen LogP contribution in [0.2, 0.25) is 5.02 Å². The number of fused-ring (bicyclic) bond motifs is 1. The van der Waals surface area contributed by atoms with E-state index in [1.807, 2.05) is 10.6 Å². The molecule has 0 aliphatic carbocycles. The van der Waals surface area contributed by atoms with Gasteiger partial charge in [0.25, 0.3) is 5.91 Å². The smallest absolute Gasteiger partial charge is 0.362 e. The Hall–Kier alpha value is -1.50. The number of amides is 1. The molecule has 1 atom stereocenters. The second-order valence-electron chi connectivity index (χ2n) is 4.01. The van der Waals surface area contributed by atoms with E-state index >= 15 is 0 Å². The minimum Gasteiger partial charge on any atom is -0.362 e. The highest BCUT2D eigenvalue weighted by Gasteiger charge is 2.58. The van der Waals surface area contributed by atoms with Gasteiger partial charge in [-0.1, -0.05) is 11.6 Å². The van der Waals surface area contributed by atoms with Crippen molar-refractivity contribution in [2.24, 2.45) is 0 Å². The molecule has 0 saturated heterocycles. The summed E-state index contributed by atoms with van der Waals surface area (Å²) < 4.78 is 51.6. The molecule has 0 radical (unpaired) electrons. The molecule has 2 rings (SSSR count). The number of carbonyl (C=O) groups is 1. The lowest BCUT2D eigenvalue weighted by molar-refractivity contribution is -0.179. The standard InChI is InChI=1S/C10H7ClF4N2O/c1-9(10(13,14)15)8(18)16-6-3-5(12)4(11)2-7(6)17-9/h2-3,17H,1H3,(H,16,18). The van der Waals surface area contributed by atoms with Gasteiger partial charge in [0.05, 0.1) is 16.4 Å². The number of nitrogens with one attached hydrogen (secondary N) is 2. The number of benzene rings is 1. The SMILES string of the molecule is CC1(C(F)(F)F)Nc2cc(Cl)c(F)cc2NC1=O. The minimum atomic E-state index is -4.80. The van der Waals surface area contributed by atoms with E-state index in [2.05, 4.69) is 0 Å². The van der Waals surface area contributed by atoms with Gasteiger partial charge in [-0.15, -0.1) is 0 Å². The van der Waals surface area contributed by atoms with Gasteiger partial charge in [0, 0.05) is 6.07 Å². The summed E-state index contributed by atoms with van der Waals surface area (Å²) in [4.78, 5) is 11.5. The average Bonchev–Trinajstić information content (AvgIpc) is 2.21. The Bertz CT molecular complexity index is 531. The number of hydrogen-bond acceptors (Lipinski definition) is 2. The Kier molecular flexibility index (Phi) is 2.69. The van der Waals surface area contributed by atoms with E-state index in [-0.39, 0.29) is 16.4 Å². The molecule has 1 amide bonds. The summed E-state index contributed by atoms with van der Waals surface area (Å²) in [6, 6.07) is 1.86. The molecule has 2 N–H and O–H groups in total. The van der Waals surface area contributed by atoms with Crippen molar-refractivity contribution in [1.82, 2.24) is 0 Å². The molecule has 3 nitrogen and oxygen atoms in total. The van der Waals surface area contributed by atoms with Gasteiger partial charge in [-0.3, -0.25) is 4.79 Å². The van der Waals surface area contributed by atoms with Crippen LogP contribution in [-0.2, 0) is 4.79 Å². The molecule has 0 fully saturated rings. The number of alkyl halides is 3. The van der Waals surface area contributed by atoms with Gasteiger partial charge in [-0.2, -0.15) is 13.2 Å². The van der Waals surface area contributed by atoms with Crippen LogP contribution in [-0.4, -0.2) is 17.6 Å². The first-order chi connectivity index (χ1) is 8.15. The minimum absolute atomic E-state index is 0.0800. The van der Waals surface area contributed by atoms with Crippen molar-refractivity contribution in [3.8, 4) is 0 Å². The van der Waals surface area contributed by atoms with Crippen molar-refractivity contribution < 1.29 is 22.4 Å². The average molecular weight is 283 g/mol. The van der Waals surface area contributed by atoms with E-state index in [0.29, 0.717) is 6.92 Å². The third kappa shape index (κ3) is 1.78. The van der Waals surface area contributed by atoms with Crippen LogP contribution < -0.4 is 10.6 Å². The second-order valence-corrected chi connectivity index (χ2v) is 4.42. The Balaban J connectivity index is 2.51. The van der Waals surface area contributed by atoms with Crippen molar-refractivity contribution >= 4 is 28.9 Å². The maximum Gasteiger partial charge on any atom is 0.420 e. The van der Waals surface area contributed by atoms with Gasteiger partial charge in [0.2, 0.25) is 5.54 Å². The first kappa shape index (κ1) is 12.9. The highest BCUT2D eigenvalue weighted by atomic mass is 35.5. The number of carbonyl (C=O) groups excluding carboxylic acids is 1. The normalized spacial score (nSPS) is 23.1. The fourth-order valence-corrected chi connectivity index (χ4v) is 1.69. The first-order valence-corrected chi connectivity index (χ1v) is 5.18. The summed E-state index contributed by atoms with van der Waals surface area (Å²) in [5, 5.41) is 3.72. The lowest BCUT2D eigenvalue weighted by Crippen LogP contribution is -2.60. The fourth-order valence-electron chi connectivity index (χ4n) is 1.53. The molecule has 18 heavy (non-hydrogen) atoms. The molecule has 0 bridgehead atoms. The van der Waals surface area contributed by atoms with Crippen molar-refractivity contribution in [2.45, 2.75) is 18.6 Å². The van der Waals surface area contributed by atoms with Crippen LogP contribution in [0.15, 0.2) is 12.1 Å². The summed E-state index contributed by atoms with van der Waals surface area (Å²) >= 11 is 5.48. The summed E-state index contributed by atoms with van der Waals surface area (Å²) in [7, 11) is 0. The molecule has 0 spiro atoms. The van der Waals surface area contributed by atoms with Crippen LogP contribution in [0.4, 0.5) is 28.9 Å². The van der Waals surface area contributed by atoms with Crippen LogP contribution in [0.1, 0.15) is 6.92 Å². The van der Waals surface area contributed by atoms with Crippen LogP contribution in [0.25, 0.3) is 0 Å². The zero-order valence-corrected chi connectivity index (χ0v) is 9.71. The third-order valence-corrected chi connectivity index (χ3v) is 3.00.